The zero-order valence-corrected chi connectivity index (χ0v) is 18.4. The van der Waals surface area contributed by atoms with E-state index >= 15 is 0 Å². The van der Waals surface area contributed by atoms with Crippen molar-refractivity contribution in [2.45, 2.75) is 40.0 Å². The number of hydrogen-bond acceptors (Lipinski definition) is 4. The molecule has 0 aliphatic rings. The summed E-state index contributed by atoms with van der Waals surface area (Å²) < 4.78 is 2.97. The minimum absolute atomic E-state index is 0.0157. The van der Waals surface area contributed by atoms with E-state index < -0.39 is 0 Å². The molecule has 1 amide bonds. The van der Waals surface area contributed by atoms with Crippen LogP contribution < -0.4 is 5.32 Å². The summed E-state index contributed by atoms with van der Waals surface area (Å²) in [6.45, 7) is 6.10. The van der Waals surface area contributed by atoms with Crippen LogP contribution in [0.15, 0.2) is 28.9 Å². The zero-order chi connectivity index (χ0) is 19.6. The van der Waals surface area contributed by atoms with Gasteiger partial charge < -0.3 is 5.32 Å². The standard InChI is InChI=1S/C20H23BrN4OS/c1-12-9-15(5-7-18(12)21)10-16-11-22-20(27-16)23-19(26)8-6-17-13(2)24-25(4)14(17)3/h5,7,9,11H,6,8,10H2,1-4H3,(H,22,23,26). The predicted octanol–water partition coefficient (Wildman–Crippen LogP) is 4.73. The second-order valence-electron chi connectivity index (χ2n) is 6.71. The van der Waals surface area contributed by atoms with Gasteiger partial charge in [0.1, 0.15) is 0 Å². The first-order valence-electron chi connectivity index (χ1n) is 8.82. The van der Waals surface area contributed by atoms with E-state index in [0.717, 1.165) is 32.7 Å². The molecule has 27 heavy (non-hydrogen) atoms. The number of aryl methyl sites for hydroxylation is 3. The van der Waals surface area contributed by atoms with E-state index in [4.69, 9.17) is 0 Å². The Balaban J connectivity index is 1.56. The normalized spacial score (nSPS) is 11.0. The quantitative estimate of drug-likeness (QED) is 0.595. The molecule has 0 saturated heterocycles. The van der Waals surface area contributed by atoms with Crippen LogP contribution in [-0.2, 0) is 24.7 Å². The number of carbonyl (C=O) groups excluding carboxylic acids is 1. The molecule has 0 atom stereocenters. The van der Waals surface area contributed by atoms with E-state index in [1.54, 1.807) is 0 Å². The number of anilines is 1. The van der Waals surface area contributed by atoms with Crippen molar-refractivity contribution in [2.75, 3.05) is 5.32 Å². The fourth-order valence-electron chi connectivity index (χ4n) is 3.06. The first-order chi connectivity index (χ1) is 12.8. The average molecular weight is 447 g/mol. The van der Waals surface area contributed by atoms with Crippen LogP contribution in [0, 0.1) is 20.8 Å². The van der Waals surface area contributed by atoms with Crippen LogP contribution in [0.1, 0.15) is 39.4 Å². The number of amides is 1. The van der Waals surface area contributed by atoms with E-state index in [2.05, 4.69) is 56.5 Å². The molecule has 7 heteroatoms. The first kappa shape index (κ1) is 19.8. The summed E-state index contributed by atoms with van der Waals surface area (Å²) >= 11 is 5.05. The van der Waals surface area contributed by atoms with Crippen molar-refractivity contribution in [2.24, 2.45) is 7.05 Å². The molecule has 0 spiro atoms. The number of aromatic nitrogens is 3. The number of benzene rings is 1. The van der Waals surface area contributed by atoms with Gasteiger partial charge in [0.05, 0.1) is 5.69 Å². The summed E-state index contributed by atoms with van der Waals surface area (Å²) in [7, 11) is 1.93. The Hall–Kier alpha value is -1.99. The molecule has 0 unspecified atom stereocenters. The number of hydrogen-bond donors (Lipinski definition) is 1. The molecule has 3 rings (SSSR count). The van der Waals surface area contributed by atoms with Gasteiger partial charge in [-0.25, -0.2) is 4.98 Å². The topological polar surface area (TPSA) is 59.8 Å². The van der Waals surface area contributed by atoms with Crippen molar-refractivity contribution in [3.8, 4) is 0 Å². The Morgan fingerprint density at radius 2 is 2.07 bits per heavy atom. The van der Waals surface area contributed by atoms with Crippen LogP contribution in [0.25, 0.3) is 0 Å². The highest BCUT2D eigenvalue weighted by Gasteiger charge is 2.13. The van der Waals surface area contributed by atoms with Crippen LogP contribution in [0.2, 0.25) is 0 Å². The number of thiazole rings is 1. The minimum atomic E-state index is -0.0157. The van der Waals surface area contributed by atoms with Gasteiger partial charge in [-0.3, -0.25) is 9.48 Å². The molecule has 142 valence electrons. The van der Waals surface area contributed by atoms with Crippen LogP contribution in [0.5, 0.6) is 0 Å². The monoisotopic (exact) mass is 446 g/mol. The van der Waals surface area contributed by atoms with Crippen molar-refractivity contribution >= 4 is 38.3 Å². The number of carbonyl (C=O) groups is 1. The maximum Gasteiger partial charge on any atom is 0.226 e. The Labute approximate surface area is 172 Å². The maximum atomic E-state index is 12.3. The highest BCUT2D eigenvalue weighted by atomic mass is 79.9. The number of rotatable bonds is 6. The molecule has 1 aromatic carbocycles. The molecule has 0 bridgehead atoms. The smallest absolute Gasteiger partial charge is 0.226 e. The fourth-order valence-corrected chi connectivity index (χ4v) is 4.17. The third-order valence-electron chi connectivity index (χ3n) is 4.66. The second kappa shape index (κ2) is 8.35. The maximum absolute atomic E-state index is 12.3. The molecular weight excluding hydrogens is 424 g/mol. The molecule has 0 aliphatic heterocycles. The Morgan fingerprint density at radius 1 is 1.30 bits per heavy atom. The van der Waals surface area contributed by atoms with Crippen molar-refractivity contribution in [1.82, 2.24) is 14.8 Å². The van der Waals surface area contributed by atoms with Gasteiger partial charge in [-0.05, 0) is 49.9 Å². The predicted molar refractivity (Wildman–Crippen MR) is 113 cm³/mol. The zero-order valence-electron chi connectivity index (χ0n) is 16.0. The summed E-state index contributed by atoms with van der Waals surface area (Å²) in [5.41, 5.74) is 5.70. The number of halogens is 1. The highest BCUT2D eigenvalue weighted by Crippen LogP contribution is 2.24. The lowest BCUT2D eigenvalue weighted by atomic mass is 10.1. The Morgan fingerprint density at radius 3 is 2.74 bits per heavy atom. The summed E-state index contributed by atoms with van der Waals surface area (Å²) in [6, 6.07) is 6.34. The van der Waals surface area contributed by atoms with E-state index in [1.807, 2.05) is 31.8 Å². The van der Waals surface area contributed by atoms with Crippen molar-refractivity contribution in [1.29, 1.82) is 0 Å². The third kappa shape index (κ3) is 4.84. The summed E-state index contributed by atoms with van der Waals surface area (Å²) in [5, 5.41) is 7.97. The molecule has 0 aliphatic carbocycles. The lowest BCUT2D eigenvalue weighted by Crippen LogP contribution is -2.12. The third-order valence-corrected chi connectivity index (χ3v) is 6.46. The Bertz CT molecular complexity index is 977. The van der Waals surface area contributed by atoms with Crippen LogP contribution >= 0.6 is 27.3 Å². The van der Waals surface area contributed by atoms with E-state index in [0.29, 0.717) is 18.0 Å². The van der Waals surface area contributed by atoms with Gasteiger partial charge in [0, 0.05) is 41.1 Å². The molecular formula is C20H23BrN4OS. The average Bonchev–Trinajstić information content (AvgIpc) is 3.14. The molecule has 3 aromatic rings. The molecule has 2 aromatic heterocycles. The van der Waals surface area contributed by atoms with Crippen LogP contribution in [0.3, 0.4) is 0 Å². The number of nitrogens with zero attached hydrogens (tertiary/aromatic N) is 3. The van der Waals surface area contributed by atoms with Crippen molar-refractivity contribution < 1.29 is 4.79 Å². The SMILES string of the molecule is Cc1cc(Cc2cnc(NC(=O)CCc3c(C)nn(C)c3C)s2)ccc1Br. The lowest BCUT2D eigenvalue weighted by Gasteiger charge is -2.03. The van der Waals surface area contributed by atoms with Gasteiger partial charge in [0.25, 0.3) is 0 Å². The molecule has 1 N–H and O–H groups in total. The molecule has 0 saturated carbocycles. The molecule has 2 heterocycles. The second-order valence-corrected chi connectivity index (χ2v) is 8.68. The molecule has 0 radical (unpaired) electrons. The van der Waals surface area contributed by atoms with Gasteiger partial charge in [0.15, 0.2) is 5.13 Å². The van der Waals surface area contributed by atoms with Crippen molar-refractivity contribution in [3.05, 3.63) is 61.8 Å². The van der Waals surface area contributed by atoms with Crippen LogP contribution in [-0.4, -0.2) is 20.7 Å². The minimum Gasteiger partial charge on any atom is -0.302 e. The van der Waals surface area contributed by atoms with Gasteiger partial charge in [-0.2, -0.15) is 5.10 Å². The van der Waals surface area contributed by atoms with Crippen LogP contribution in [0.4, 0.5) is 5.13 Å². The highest BCUT2D eigenvalue weighted by molar-refractivity contribution is 9.10. The molecule has 5 nitrogen and oxygen atoms in total. The van der Waals surface area contributed by atoms with Gasteiger partial charge >= 0.3 is 0 Å². The van der Waals surface area contributed by atoms with E-state index in [-0.39, 0.29) is 5.91 Å². The largest absolute Gasteiger partial charge is 0.302 e. The fraction of sp³-hybridized carbons (Fsp3) is 0.350. The van der Waals surface area contributed by atoms with Gasteiger partial charge in [-0.1, -0.05) is 28.1 Å². The van der Waals surface area contributed by atoms with E-state index in [9.17, 15) is 4.79 Å². The van der Waals surface area contributed by atoms with E-state index in [1.165, 1.54) is 22.5 Å². The molecule has 0 fully saturated rings. The van der Waals surface area contributed by atoms with Gasteiger partial charge in [0.2, 0.25) is 5.91 Å². The number of nitrogens with one attached hydrogen (secondary N) is 1. The lowest BCUT2D eigenvalue weighted by molar-refractivity contribution is -0.116. The summed E-state index contributed by atoms with van der Waals surface area (Å²) in [5.74, 6) is -0.0157. The Kier molecular flexibility index (Phi) is 6.11. The van der Waals surface area contributed by atoms with Gasteiger partial charge in [-0.15, -0.1) is 11.3 Å². The van der Waals surface area contributed by atoms with Crippen molar-refractivity contribution in [3.63, 3.8) is 0 Å². The summed E-state index contributed by atoms with van der Waals surface area (Å²) in [4.78, 5) is 17.8. The first-order valence-corrected chi connectivity index (χ1v) is 10.4. The summed E-state index contributed by atoms with van der Waals surface area (Å²) in [6.07, 6.45) is 3.77.